The third-order valence-corrected chi connectivity index (χ3v) is 7.56. The van der Waals surface area contributed by atoms with Gasteiger partial charge in [0.25, 0.3) is 5.91 Å². The Balaban J connectivity index is 1.85. The number of nitrogens with two attached hydrogens (primary N) is 1. The molecule has 3 N–H and O–H groups in total. The molecular weight excluding hydrogens is 366 g/mol. The molecule has 0 bridgehead atoms. The van der Waals surface area contributed by atoms with Crippen molar-refractivity contribution in [2.45, 2.75) is 49.5 Å². The second-order valence-corrected chi connectivity index (χ2v) is 9.24. The maximum atomic E-state index is 13.0. The van der Waals surface area contributed by atoms with E-state index in [1.165, 1.54) is 17.5 Å². The molecule has 8 heteroatoms. The average molecular weight is 396 g/mol. The van der Waals surface area contributed by atoms with Crippen molar-refractivity contribution in [3.63, 3.8) is 0 Å². The number of benzene rings is 1. The van der Waals surface area contributed by atoms with Crippen LogP contribution in [0.2, 0.25) is 0 Å². The summed E-state index contributed by atoms with van der Waals surface area (Å²) in [6, 6.07) is 4.63. The number of ether oxygens (including phenoxy) is 1. The molecule has 1 aromatic carbocycles. The Bertz CT molecular complexity index is 775. The van der Waals surface area contributed by atoms with E-state index >= 15 is 0 Å². The van der Waals surface area contributed by atoms with Gasteiger partial charge in [0, 0.05) is 24.7 Å². The lowest BCUT2D eigenvalue weighted by Crippen LogP contribution is -2.44. The van der Waals surface area contributed by atoms with Gasteiger partial charge < -0.3 is 15.8 Å². The van der Waals surface area contributed by atoms with E-state index in [1.54, 1.807) is 12.1 Å². The first-order valence-electron chi connectivity index (χ1n) is 9.66. The van der Waals surface area contributed by atoms with E-state index in [9.17, 15) is 13.2 Å². The number of nitrogens with one attached hydrogen (secondary N) is 1. The SMILES string of the molecule is COc1ccc(C(=O)NC2CCCCC2CN)cc1S(=O)(=O)N1CCCC1. The first-order valence-corrected chi connectivity index (χ1v) is 11.1. The Morgan fingerprint density at radius 3 is 2.59 bits per heavy atom. The molecule has 1 saturated carbocycles. The topological polar surface area (TPSA) is 102 Å². The lowest BCUT2D eigenvalue weighted by atomic mass is 9.84. The molecule has 27 heavy (non-hydrogen) atoms. The molecule has 1 aliphatic carbocycles. The molecule has 150 valence electrons. The van der Waals surface area contributed by atoms with Crippen LogP contribution in [0.1, 0.15) is 48.9 Å². The maximum Gasteiger partial charge on any atom is 0.251 e. The molecule has 1 aromatic rings. The van der Waals surface area contributed by atoms with E-state index in [-0.39, 0.29) is 28.5 Å². The Labute approximate surface area is 161 Å². The fourth-order valence-electron chi connectivity index (χ4n) is 4.02. The number of rotatable bonds is 6. The molecule has 1 amide bonds. The Hall–Kier alpha value is -1.64. The highest BCUT2D eigenvalue weighted by molar-refractivity contribution is 7.89. The highest BCUT2D eigenvalue weighted by Gasteiger charge is 2.31. The van der Waals surface area contributed by atoms with Crippen LogP contribution < -0.4 is 15.8 Å². The van der Waals surface area contributed by atoms with Crippen LogP contribution in [0.25, 0.3) is 0 Å². The minimum atomic E-state index is -3.68. The average Bonchev–Trinajstić information content (AvgIpc) is 3.23. The van der Waals surface area contributed by atoms with Gasteiger partial charge >= 0.3 is 0 Å². The minimum Gasteiger partial charge on any atom is -0.495 e. The summed E-state index contributed by atoms with van der Waals surface area (Å²) in [5.74, 6) is 0.269. The van der Waals surface area contributed by atoms with Crippen LogP contribution in [0.5, 0.6) is 5.75 Å². The van der Waals surface area contributed by atoms with E-state index in [0.717, 1.165) is 38.5 Å². The van der Waals surface area contributed by atoms with Crippen molar-refractivity contribution in [2.24, 2.45) is 11.7 Å². The smallest absolute Gasteiger partial charge is 0.251 e. The van der Waals surface area contributed by atoms with Gasteiger partial charge in [0.1, 0.15) is 10.6 Å². The molecule has 0 aromatic heterocycles. The Morgan fingerprint density at radius 1 is 1.22 bits per heavy atom. The lowest BCUT2D eigenvalue weighted by molar-refractivity contribution is 0.0908. The third-order valence-electron chi connectivity index (χ3n) is 5.64. The number of hydrogen-bond acceptors (Lipinski definition) is 5. The zero-order chi connectivity index (χ0) is 19.4. The standard InChI is InChI=1S/C19H29N3O4S/c1-26-17-9-8-14(12-18(17)27(24,25)22-10-4-5-11-22)19(23)21-16-7-3-2-6-15(16)13-20/h8-9,12,15-16H,2-7,10-11,13,20H2,1H3,(H,21,23). The first-order chi connectivity index (χ1) is 13.0. The van der Waals surface area contributed by atoms with Gasteiger partial charge in [-0.25, -0.2) is 8.42 Å². The minimum absolute atomic E-state index is 0.0389. The number of amides is 1. The summed E-state index contributed by atoms with van der Waals surface area (Å²) in [7, 11) is -2.24. The van der Waals surface area contributed by atoms with E-state index in [4.69, 9.17) is 10.5 Å². The zero-order valence-corrected chi connectivity index (χ0v) is 16.6. The molecule has 3 rings (SSSR count). The molecule has 1 heterocycles. The highest BCUT2D eigenvalue weighted by Crippen LogP contribution is 2.30. The van der Waals surface area contributed by atoms with E-state index in [2.05, 4.69) is 5.32 Å². The number of nitrogens with zero attached hydrogens (tertiary/aromatic N) is 1. The van der Waals surface area contributed by atoms with Gasteiger partial charge in [-0.05, 0) is 56.3 Å². The molecule has 0 spiro atoms. The monoisotopic (exact) mass is 395 g/mol. The van der Waals surface area contributed by atoms with Crippen LogP contribution in [0.15, 0.2) is 23.1 Å². The fourth-order valence-corrected chi connectivity index (χ4v) is 5.72. The van der Waals surface area contributed by atoms with Gasteiger partial charge in [0.05, 0.1) is 7.11 Å². The second-order valence-electron chi connectivity index (χ2n) is 7.34. The quantitative estimate of drug-likeness (QED) is 0.764. The summed E-state index contributed by atoms with van der Waals surface area (Å²) in [6.45, 7) is 1.55. The summed E-state index contributed by atoms with van der Waals surface area (Å²) >= 11 is 0. The van der Waals surface area contributed by atoms with E-state index < -0.39 is 10.0 Å². The molecule has 2 atom stereocenters. The molecule has 2 fully saturated rings. The third kappa shape index (κ3) is 4.28. The van der Waals surface area contributed by atoms with Crippen LogP contribution in [0, 0.1) is 5.92 Å². The fraction of sp³-hybridized carbons (Fsp3) is 0.632. The van der Waals surface area contributed by atoms with Crippen molar-refractivity contribution >= 4 is 15.9 Å². The molecule has 1 aliphatic heterocycles. The number of carbonyl (C=O) groups excluding carboxylic acids is 1. The van der Waals surface area contributed by atoms with Gasteiger partial charge in [-0.2, -0.15) is 4.31 Å². The highest BCUT2D eigenvalue weighted by atomic mass is 32.2. The van der Waals surface area contributed by atoms with Gasteiger partial charge in [-0.1, -0.05) is 12.8 Å². The zero-order valence-electron chi connectivity index (χ0n) is 15.8. The van der Waals surface area contributed by atoms with Gasteiger partial charge in [0.2, 0.25) is 10.0 Å². The molecule has 1 saturated heterocycles. The summed E-state index contributed by atoms with van der Waals surface area (Å²) in [5, 5.41) is 3.05. The summed E-state index contributed by atoms with van der Waals surface area (Å²) in [6.07, 6.45) is 5.82. The maximum absolute atomic E-state index is 13.0. The van der Waals surface area contributed by atoms with Crippen molar-refractivity contribution in [3.8, 4) is 5.75 Å². The predicted octanol–water partition coefficient (Wildman–Crippen LogP) is 1.73. The van der Waals surface area contributed by atoms with Crippen LogP contribution in [-0.2, 0) is 10.0 Å². The Kier molecular flexibility index (Phi) is 6.39. The van der Waals surface area contributed by atoms with Crippen LogP contribution in [0.4, 0.5) is 0 Å². The summed E-state index contributed by atoms with van der Waals surface area (Å²) < 4.78 is 32.7. The molecular formula is C19H29N3O4S. The number of sulfonamides is 1. The molecule has 2 unspecified atom stereocenters. The van der Waals surface area contributed by atoms with Crippen molar-refractivity contribution in [3.05, 3.63) is 23.8 Å². The van der Waals surface area contributed by atoms with Crippen molar-refractivity contribution in [1.82, 2.24) is 9.62 Å². The molecule has 7 nitrogen and oxygen atoms in total. The van der Waals surface area contributed by atoms with Crippen LogP contribution >= 0.6 is 0 Å². The molecule has 0 radical (unpaired) electrons. The van der Waals surface area contributed by atoms with Crippen molar-refractivity contribution in [2.75, 3.05) is 26.7 Å². The van der Waals surface area contributed by atoms with Crippen LogP contribution in [0.3, 0.4) is 0 Å². The summed E-state index contributed by atoms with van der Waals surface area (Å²) in [5.41, 5.74) is 6.17. The van der Waals surface area contributed by atoms with E-state index in [0.29, 0.717) is 25.2 Å². The lowest BCUT2D eigenvalue weighted by Gasteiger charge is -2.31. The van der Waals surface area contributed by atoms with Gasteiger partial charge in [-0.15, -0.1) is 0 Å². The first kappa shape index (κ1) is 20.1. The van der Waals surface area contributed by atoms with Crippen molar-refractivity contribution in [1.29, 1.82) is 0 Å². The number of methoxy groups -OCH3 is 1. The molecule has 2 aliphatic rings. The number of hydrogen-bond donors (Lipinski definition) is 2. The van der Waals surface area contributed by atoms with E-state index in [1.807, 2.05) is 0 Å². The van der Waals surface area contributed by atoms with Crippen molar-refractivity contribution < 1.29 is 17.9 Å². The van der Waals surface area contributed by atoms with Crippen LogP contribution in [-0.4, -0.2) is 51.4 Å². The number of carbonyl (C=O) groups is 1. The van der Waals surface area contributed by atoms with Gasteiger partial charge in [-0.3, -0.25) is 4.79 Å². The van der Waals surface area contributed by atoms with Gasteiger partial charge in [0.15, 0.2) is 0 Å². The summed E-state index contributed by atoms with van der Waals surface area (Å²) in [4.78, 5) is 12.8. The Morgan fingerprint density at radius 2 is 1.93 bits per heavy atom. The normalized spacial score (nSPS) is 23.9. The largest absolute Gasteiger partial charge is 0.495 e. The second kappa shape index (κ2) is 8.58. The predicted molar refractivity (Wildman–Crippen MR) is 103 cm³/mol.